The number of aliphatic hydroxyl groups excluding tert-OH is 1. The van der Waals surface area contributed by atoms with E-state index in [-0.39, 0.29) is 17.1 Å². The number of aliphatic hydroxyl groups is 1. The van der Waals surface area contributed by atoms with Crippen molar-refractivity contribution in [1.29, 1.82) is 0 Å². The van der Waals surface area contributed by atoms with Crippen molar-refractivity contribution in [3.8, 4) is 22.8 Å². The zero-order chi connectivity index (χ0) is 28.7. The minimum atomic E-state index is -1.25. The Kier molecular flexibility index (Phi) is 9.34. The van der Waals surface area contributed by atoms with Gasteiger partial charge in [-0.05, 0) is 78.3 Å². The first-order chi connectivity index (χ1) is 19.1. The van der Waals surface area contributed by atoms with E-state index in [9.17, 15) is 15.0 Å². The Morgan fingerprint density at radius 1 is 0.975 bits per heavy atom. The lowest BCUT2D eigenvalue weighted by Gasteiger charge is -2.22. The number of phenols is 1. The van der Waals surface area contributed by atoms with Crippen molar-refractivity contribution in [2.24, 2.45) is 5.73 Å². The van der Waals surface area contributed by atoms with E-state index in [1.165, 1.54) is 17.7 Å². The highest BCUT2D eigenvalue weighted by Crippen LogP contribution is 2.26. The van der Waals surface area contributed by atoms with Crippen LogP contribution in [-0.4, -0.2) is 37.1 Å². The van der Waals surface area contributed by atoms with Gasteiger partial charge >= 0.3 is 0 Å². The number of benzene rings is 2. The predicted octanol–water partition coefficient (Wildman–Crippen LogP) is 5.17. The number of amides is 1. The second-order valence-corrected chi connectivity index (χ2v) is 11.1. The lowest BCUT2D eigenvalue weighted by molar-refractivity contribution is -0.122. The van der Waals surface area contributed by atoms with Gasteiger partial charge in [-0.25, -0.2) is 4.68 Å². The molecule has 40 heavy (non-hydrogen) atoms. The SMILES string of the molecule is CC(C)(C)c1ccc(-n2nc(-c3ccccn3)cc2CCCCCC(=O)NC(c2ccc(O)cc2)C(N)O)cc1. The zero-order valence-corrected chi connectivity index (χ0v) is 23.4. The van der Waals surface area contributed by atoms with Crippen molar-refractivity contribution in [3.05, 3.63) is 95.8 Å². The molecular weight excluding hydrogens is 502 g/mol. The van der Waals surface area contributed by atoms with Crippen LogP contribution >= 0.6 is 0 Å². The van der Waals surface area contributed by atoms with Crippen molar-refractivity contribution < 1.29 is 15.0 Å². The summed E-state index contributed by atoms with van der Waals surface area (Å²) in [5, 5.41) is 27.2. The lowest BCUT2D eigenvalue weighted by atomic mass is 9.87. The van der Waals surface area contributed by atoms with Crippen LogP contribution in [0.2, 0.25) is 0 Å². The topological polar surface area (TPSA) is 126 Å². The first-order valence-corrected chi connectivity index (χ1v) is 13.7. The second kappa shape index (κ2) is 12.9. The van der Waals surface area contributed by atoms with E-state index >= 15 is 0 Å². The molecule has 2 heterocycles. The van der Waals surface area contributed by atoms with Crippen molar-refractivity contribution >= 4 is 5.91 Å². The van der Waals surface area contributed by atoms with Gasteiger partial charge in [-0.1, -0.05) is 57.5 Å². The molecule has 0 radical (unpaired) electrons. The van der Waals surface area contributed by atoms with Crippen LogP contribution in [0.25, 0.3) is 17.1 Å². The van der Waals surface area contributed by atoms with Gasteiger partial charge in [-0.2, -0.15) is 5.10 Å². The lowest BCUT2D eigenvalue weighted by Crippen LogP contribution is -2.40. The third-order valence-electron chi connectivity index (χ3n) is 6.94. The number of nitrogens with zero attached hydrogens (tertiary/aromatic N) is 3. The minimum absolute atomic E-state index is 0.0726. The highest BCUT2D eigenvalue weighted by atomic mass is 16.3. The van der Waals surface area contributed by atoms with E-state index < -0.39 is 12.3 Å². The molecule has 8 nitrogen and oxygen atoms in total. The van der Waals surface area contributed by atoms with Gasteiger partial charge < -0.3 is 21.3 Å². The average Bonchev–Trinajstić information content (AvgIpc) is 3.36. The van der Waals surface area contributed by atoms with Crippen molar-refractivity contribution in [3.63, 3.8) is 0 Å². The second-order valence-electron chi connectivity index (χ2n) is 11.1. The molecule has 8 heteroatoms. The number of nitrogens with two attached hydrogens (primary N) is 1. The maximum Gasteiger partial charge on any atom is 0.220 e. The number of carbonyl (C=O) groups excluding carboxylic acids is 1. The number of rotatable bonds is 11. The van der Waals surface area contributed by atoms with Crippen LogP contribution in [0.15, 0.2) is 79.0 Å². The van der Waals surface area contributed by atoms with E-state index in [0.29, 0.717) is 18.4 Å². The molecule has 210 valence electrons. The van der Waals surface area contributed by atoms with Gasteiger partial charge in [0.1, 0.15) is 17.7 Å². The summed E-state index contributed by atoms with van der Waals surface area (Å²) in [5.74, 6) is -0.0697. The van der Waals surface area contributed by atoms with Crippen LogP contribution < -0.4 is 11.1 Å². The Morgan fingerprint density at radius 2 is 1.70 bits per heavy atom. The van der Waals surface area contributed by atoms with E-state index in [0.717, 1.165) is 42.0 Å². The van der Waals surface area contributed by atoms with Crippen LogP contribution in [0.3, 0.4) is 0 Å². The quantitative estimate of drug-likeness (QED) is 0.153. The maximum absolute atomic E-state index is 12.6. The number of carbonyl (C=O) groups is 1. The van der Waals surface area contributed by atoms with Gasteiger partial charge in [0, 0.05) is 18.3 Å². The van der Waals surface area contributed by atoms with Crippen molar-refractivity contribution in [2.75, 3.05) is 0 Å². The number of phenolic OH excluding ortho intramolecular Hbond substituents is 1. The van der Waals surface area contributed by atoms with Gasteiger partial charge in [0.15, 0.2) is 0 Å². The Bertz CT molecular complexity index is 1380. The average molecular weight is 542 g/mol. The summed E-state index contributed by atoms with van der Waals surface area (Å²) in [7, 11) is 0. The first kappa shape index (κ1) is 29.0. The number of aryl methyl sites for hydroxylation is 1. The van der Waals surface area contributed by atoms with Gasteiger partial charge in [-0.15, -0.1) is 0 Å². The number of aromatic hydroxyl groups is 1. The summed E-state index contributed by atoms with van der Waals surface area (Å²) in [6, 6.07) is 22.0. The first-order valence-electron chi connectivity index (χ1n) is 13.7. The van der Waals surface area contributed by atoms with Crippen molar-refractivity contribution in [2.45, 2.75) is 70.6 Å². The molecule has 2 aromatic carbocycles. The number of nitrogens with one attached hydrogen (secondary N) is 1. The molecule has 0 saturated heterocycles. The monoisotopic (exact) mass is 541 g/mol. The zero-order valence-electron chi connectivity index (χ0n) is 23.4. The molecule has 2 aromatic heterocycles. The molecule has 0 spiro atoms. The number of aromatic nitrogens is 3. The molecule has 5 N–H and O–H groups in total. The summed E-state index contributed by atoms with van der Waals surface area (Å²) in [6.45, 7) is 6.60. The fourth-order valence-electron chi connectivity index (χ4n) is 4.63. The molecule has 0 fully saturated rings. The maximum atomic E-state index is 12.6. The molecule has 4 aromatic rings. The van der Waals surface area contributed by atoms with E-state index in [1.807, 2.05) is 22.9 Å². The van der Waals surface area contributed by atoms with Crippen LogP contribution in [0.5, 0.6) is 5.75 Å². The molecule has 2 atom stereocenters. The van der Waals surface area contributed by atoms with E-state index in [2.05, 4.69) is 61.4 Å². The Hall–Kier alpha value is -4.01. The van der Waals surface area contributed by atoms with Crippen molar-refractivity contribution in [1.82, 2.24) is 20.1 Å². The van der Waals surface area contributed by atoms with Gasteiger partial charge in [-0.3, -0.25) is 9.78 Å². The summed E-state index contributed by atoms with van der Waals surface area (Å²) in [5.41, 5.74) is 11.4. The molecular formula is C32H39N5O3. The largest absolute Gasteiger partial charge is 0.508 e. The normalized spacial score (nSPS) is 13.1. The molecule has 0 aliphatic carbocycles. The number of hydrogen-bond donors (Lipinski definition) is 4. The van der Waals surface area contributed by atoms with E-state index in [4.69, 9.17) is 10.8 Å². The molecule has 0 saturated carbocycles. The van der Waals surface area contributed by atoms with Crippen LogP contribution in [0.4, 0.5) is 0 Å². The third kappa shape index (κ3) is 7.55. The van der Waals surface area contributed by atoms with Gasteiger partial charge in [0.2, 0.25) is 5.91 Å². The summed E-state index contributed by atoms with van der Waals surface area (Å²) in [6.07, 6.45) is 4.11. The smallest absolute Gasteiger partial charge is 0.220 e. The Labute approximate surface area is 235 Å². The number of hydrogen-bond acceptors (Lipinski definition) is 6. The number of unbranched alkanes of at least 4 members (excludes halogenated alkanes) is 2. The van der Waals surface area contributed by atoms with E-state index in [1.54, 1.807) is 18.3 Å². The molecule has 0 aliphatic heterocycles. The van der Waals surface area contributed by atoms with Crippen LogP contribution in [0.1, 0.15) is 69.3 Å². The molecule has 0 aliphatic rings. The molecule has 1 amide bonds. The minimum Gasteiger partial charge on any atom is -0.508 e. The van der Waals surface area contributed by atoms with Crippen LogP contribution in [0, 0.1) is 0 Å². The highest BCUT2D eigenvalue weighted by molar-refractivity contribution is 5.76. The third-order valence-corrected chi connectivity index (χ3v) is 6.94. The highest BCUT2D eigenvalue weighted by Gasteiger charge is 2.20. The molecule has 2 unspecified atom stereocenters. The fraction of sp³-hybridized carbons (Fsp3) is 0.344. The molecule has 0 bridgehead atoms. The Morgan fingerprint density at radius 3 is 2.33 bits per heavy atom. The predicted molar refractivity (Wildman–Crippen MR) is 157 cm³/mol. The van der Waals surface area contributed by atoms with Crippen LogP contribution in [-0.2, 0) is 16.6 Å². The van der Waals surface area contributed by atoms with Gasteiger partial charge in [0.05, 0.1) is 17.4 Å². The fourth-order valence-corrected chi connectivity index (χ4v) is 4.63. The summed E-state index contributed by atoms with van der Waals surface area (Å²) >= 11 is 0. The molecule has 4 rings (SSSR count). The Balaban J connectivity index is 1.38. The standard InChI is InChI=1S/C32H39N5O3/c1-32(2,3)23-14-16-24(17-15-23)37-25(21-28(36-37)27-10-7-8-20-34-27)9-5-4-6-11-29(39)35-30(31(33)40)22-12-18-26(38)19-13-22/h7-8,10,12-21,30-31,38,40H,4-6,9,11,33H2,1-3H3,(H,35,39). The summed E-state index contributed by atoms with van der Waals surface area (Å²) < 4.78 is 1.99. The number of pyridine rings is 1. The summed E-state index contributed by atoms with van der Waals surface area (Å²) in [4.78, 5) is 17.1. The van der Waals surface area contributed by atoms with Gasteiger partial charge in [0.25, 0.3) is 0 Å².